The highest BCUT2D eigenvalue weighted by Crippen LogP contribution is 2.34. The Bertz CT molecular complexity index is 1210. The minimum Gasteiger partial charge on any atom is -0.358 e. The van der Waals surface area contributed by atoms with E-state index in [-0.39, 0.29) is 11.7 Å². The third kappa shape index (κ3) is 5.71. The van der Waals surface area contributed by atoms with Crippen LogP contribution in [0.25, 0.3) is 11.3 Å². The van der Waals surface area contributed by atoms with Crippen LogP contribution in [0.3, 0.4) is 0 Å². The average molecular weight is 525 g/mol. The Morgan fingerprint density at radius 3 is 2.24 bits per heavy atom. The molecule has 1 aromatic carbocycles. The highest BCUT2D eigenvalue weighted by atomic mass is 32.1. The van der Waals surface area contributed by atoms with Gasteiger partial charge < -0.3 is 14.7 Å². The van der Waals surface area contributed by atoms with Gasteiger partial charge in [-0.05, 0) is 57.0 Å². The molecule has 37 heavy (non-hydrogen) atoms. The summed E-state index contributed by atoms with van der Waals surface area (Å²) < 4.78 is 13.4. The number of fused-ring (bicyclic) bond motifs is 1. The van der Waals surface area contributed by atoms with Crippen molar-refractivity contribution in [2.45, 2.75) is 41.0 Å². The van der Waals surface area contributed by atoms with Crippen molar-refractivity contribution < 1.29 is 9.18 Å². The minimum atomic E-state index is -0.261. The van der Waals surface area contributed by atoms with Crippen molar-refractivity contribution >= 4 is 28.2 Å². The lowest BCUT2D eigenvalue weighted by molar-refractivity contribution is -0.128. The van der Waals surface area contributed by atoms with Crippen molar-refractivity contribution in [2.24, 2.45) is 16.9 Å². The van der Waals surface area contributed by atoms with Crippen LogP contribution in [-0.4, -0.2) is 64.8 Å². The number of thiazole rings is 1. The normalized spacial score (nSPS) is 20.1. The van der Waals surface area contributed by atoms with Crippen molar-refractivity contribution in [3.63, 3.8) is 0 Å². The second-order valence-corrected chi connectivity index (χ2v) is 10.9. The Labute approximate surface area is 223 Å². The fraction of sp³-hybridized carbons (Fsp3) is 0.464. The number of hydrazone groups is 1. The first-order valence-electron chi connectivity index (χ1n) is 12.7. The predicted molar refractivity (Wildman–Crippen MR) is 149 cm³/mol. The van der Waals surface area contributed by atoms with Gasteiger partial charge in [-0.15, -0.1) is 11.3 Å². The molecule has 2 aliphatic rings. The van der Waals surface area contributed by atoms with E-state index >= 15 is 0 Å². The summed E-state index contributed by atoms with van der Waals surface area (Å²) in [4.78, 5) is 23.0. The molecule has 0 bridgehead atoms. The van der Waals surface area contributed by atoms with Gasteiger partial charge in [0.25, 0.3) is 0 Å². The first-order valence-corrected chi connectivity index (χ1v) is 13.6. The summed E-state index contributed by atoms with van der Waals surface area (Å²) >= 11 is 1.54. The van der Waals surface area contributed by atoms with Gasteiger partial charge in [0.05, 0.1) is 5.69 Å². The number of rotatable bonds is 7. The maximum absolute atomic E-state index is 13.4. The predicted octanol–water partition coefficient (Wildman–Crippen LogP) is 5.61. The van der Waals surface area contributed by atoms with Gasteiger partial charge in [-0.25, -0.2) is 14.4 Å². The largest absolute Gasteiger partial charge is 0.358 e. The van der Waals surface area contributed by atoms with Crippen LogP contribution in [0.2, 0.25) is 0 Å². The van der Waals surface area contributed by atoms with Crippen LogP contribution < -0.4 is 4.90 Å². The number of likely N-dealkylation sites (tertiary alicyclic amines) is 2. The monoisotopic (exact) mass is 524 g/mol. The fourth-order valence-corrected chi connectivity index (χ4v) is 5.87. The number of carbonyl (C=O) groups is 1. The van der Waals surface area contributed by atoms with E-state index in [0.717, 1.165) is 71.9 Å². The molecule has 1 aromatic heterocycles. The van der Waals surface area contributed by atoms with E-state index in [1.54, 1.807) is 19.1 Å². The van der Waals surface area contributed by atoms with E-state index in [2.05, 4.69) is 37.1 Å². The molecule has 2 fully saturated rings. The lowest BCUT2D eigenvalue weighted by Gasteiger charge is -2.32. The minimum absolute atomic E-state index is 0.164. The molecular weight excluding hydrogens is 487 g/mol. The van der Waals surface area contributed by atoms with Crippen LogP contribution in [0.15, 0.2) is 58.4 Å². The molecule has 2 unspecified atom stereocenters. The Hall–Kier alpha value is -3.20. The molecule has 0 saturated carbocycles. The number of amides is 1. The first kappa shape index (κ1) is 26.9. The van der Waals surface area contributed by atoms with Crippen LogP contribution in [0.1, 0.15) is 41.0 Å². The molecule has 2 atom stereocenters. The first-order chi connectivity index (χ1) is 17.6. The zero-order valence-electron chi connectivity index (χ0n) is 22.7. The molecule has 2 saturated heterocycles. The number of hydrogen-bond acceptors (Lipinski definition) is 6. The summed E-state index contributed by atoms with van der Waals surface area (Å²) in [5, 5.41) is 9.79. The second kappa shape index (κ2) is 11.0. The van der Waals surface area contributed by atoms with Crippen molar-refractivity contribution in [3.8, 4) is 11.3 Å². The second-order valence-electron chi connectivity index (χ2n) is 10.1. The Balaban J connectivity index is 1.58. The highest BCUT2D eigenvalue weighted by Gasteiger charge is 2.41. The number of allylic oxidation sites excluding steroid dienone is 2. The number of halogens is 1. The van der Waals surface area contributed by atoms with Gasteiger partial charge in [0.2, 0.25) is 5.91 Å². The third-order valence-electron chi connectivity index (χ3n) is 7.34. The standard InChI is InChI=1S/C28H37FN6OS/c1-8-19(4)27(32(7)28-30-26(17-37-28)22-9-11-25(29)12-10-22)35(18(2)3)31-20(5)33-13-23-15-34(21(6)36)16-24(23)14-33/h9-12,17,23-24H,2,8,13-16H2,1,3-7H3/b27-19+,31-20+. The SMILES string of the molecule is C=C(C)N(/N=C(\C)N1CC2CN(C(C)=O)CC2C1)/C(=C(\C)CC)N(C)c1nc(-c2ccc(F)cc2)cs1. The van der Waals surface area contributed by atoms with Crippen molar-refractivity contribution in [1.29, 1.82) is 0 Å². The van der Waals surface area contributed by atoms with Crippen LogP contribution in [-0.2, 0) is 4.79 Å². The third-order valence-corrected chi connectivity index (χ3v) is 8.26. The lowest BCUT2D eigenvalue weighted by Crippen LogP contribution is -2.36. The number of aromatic nitrogens is 1. The van der Waals surface area contributed by atoms with E-state index in [4.69, 9.17) is 10.1 Å². The number of amidine groups is 1. The molecular formula is C28H37FN6OS. The molecule has 1 amide bonds. The highest BCUT2D eigenvalue weighted by molar-refractivity contribution is 7.14. The van der Waals surface area contributed by atoms with E-state index < -0.39 is 0 Å². The van der Waals surface area contributed by atoms with Gasteiger partial charge in [-0.1, -0.05) is 13.5 Å². The van der Waals surface area contributed by atoms with E-state index in [0.29, 0.717) is 11.8 Å². The summed E-state index contributed by atoms with van der Waals surface area (Å²) in [6.07, 6.45) is 0.850. The van der Waals surface area contributed by atoms with Crippen molar-refractivity contribution in [3.05, 3.63) is 59.1 Å². The van der Waals surface area contributed by atoms with Crippen LogP contribution in [0.5, 0.6) is 0 Å². The van der Waals surface area contributed by atoms with Gasteiger partial charge in [0.15, 0.2) is 5.13 Å². The molecule has 9 heteroatoms. The molecule has 3 heterocycles. The van der Waals surface area contributed by atoms with Crippen molar-refractivity contribution in [2.75, 3.05) is 38.1 Å². The topological polar surface area (TPSA) is 55.3 Å². The maximum Gasteiger partial charge on any atom is 0.219 e. The summed E-state index contributed by atoms with van der Waals surface area (Å²) in [5.41, 5.74) is 3.66. The Morgan fingerprint density at radius 2 is 1.70 bits per heavy atom. The molecule has 0 aliphatic carbocycles. The van der Waals surface area contributed by atoms with Gasteiger partial charge >= 0.3 is 0 Å². The lowest BCUT2D eigenvalue weighted by atomic mass is 10.0. The van der Waals surface area contributed by atoms with Crippen LogP contribution in [0.4, 0.5) is 9.52 Å². The molecule has 2 aromatic rings. The summed E-state index contributed by atoms with van der Waals surface area (Å²) in [6.45, 7) is 17.6. The van der Waals surface area contributed by atoms with E-state index in [1.165, 1.54) is 23.5 Å². The van der Waals surface area contributed by atoms with E-state index in [1.807, 2.05) is 29.3 Å². The van der Waals surface area contributed by atoms with Crippen LogP contribution >= 0.6 is 11.3 Å². The number of hydrogen-bond donors (Lipinski definition) is 0. The molecule has 4 rings (SSSR count). The van der Waals surface area contributed by atoms with Crippen molar-refractivity contribution in [1.82, 2.24) is 19.8 Å². The molecule has 0 radical (unpaired) electrons. The number of anilines is 1. The van der Waals surface area contributed by atoms with Gasteiger partial charge in [0, 0.05) is 68.6 Å². The van der Waals surface area contributed by atoms with Gasteiger partial charge in [-0.2, -0.15) is 5.10 Å². The Kier molecular flexibility index (Phi) is 8.02. The van der Waals surface area contributed by atoms with Gasteiger partial charge in [0.1, 0.15) is 17.5 Å². The average Bonchev–Trinajstić information content (AvgIpc) is 3.59. The molecule has 0 spiro atoms. The smallest absolute Gasteiger partial charge is 0.219 e. The molecule has 7 nitrogen and oxygen atoms in total. The summed E-state index contributed by atoms with van der Waals surface area (Å²) in [7, 11) is 2.00. The molecule has 198 valence electrons. The fourth-order valence-electron chi connectivity index (χ4n) is 5.07. The zero-order valence-corrected chi connectivity index (χ0v) is 23.5. The Morgan fingerprint density at radius 1 is 1.11 bits per heavy atom. The summed E-state index contributed by atoms with van der Waals surface area (Å²) in [6, 6.07) is 6.40. The van der Waals surface area contributed by atoms with Gasteiger partial charge in [-0.3, -0.25) is 4.79 Å². The zero-order chi connectivity index (χ0) is 26.9. The van der Waals surface area contributed by atoms with E-state index in [9.17, 15) is 9.18 Å². The molecule has 2 aliphatic heterocycles. The number of carbonyl (C=O) groups excluding carboxylic acids is 1. The molecule has 0 N–H and O–H groups in total. The maximum atomic E-state index is 13.4. The summed E-state index contributed by atoms with van der Waals surface area (Å²) in [5.74, 6) is 2.75. The quantitative estimate of drug-likeness (QED) is 0.268. The number of nitrogens with zero attached hydrogens (tertiary/aromatic N) is 6. The number of benzene rings is 1. The van der Waals surface area contributed by atoms with Crippen LogP contribution in [0, 0.1) is 17.7 Å².